The van der Waals surface area contributed by atoms with Crippen LogP contribution in [0.2, 0.25) is 10.0 Å². The zero-order valence-electron chi connectivity index (χ0n) is 21.8. The van der Waals surface area contributed by atoms with Crippen LogP contribution in [0.25, 0.3) is 0 Å². The van der Waals surface area contributed by atoms with E-state index in [1.807, 2.05) is 46.4 Å². The largest absolute Gasteiger partial charge is 0.598 e. The minimum absolute atomic E-state index is 0.0111. The van der Waals surface area contributed by atoms with E-state index in [0.717, 1.165) is 0 Å². The van der Waals surface area contributed by atoms with Crippen molar-refractivity contribution in [2.24, 2.45) is 11.8 Å². The fourth-order valence-electron chi connectivity index (χ4n) is 4.33. The maximum Gasteiger partial charge on any atom is 0.410 e. The van der Waals surface area contributed by atoms with Gasteiger partial charge in [0.1, 0.15) is 16.1 Å². The Morgan fingerprint density at radius 1 is 1.08 bits per heavy atom. The summed E-state index contributed by atoms with van der Waals surface area (Å²) in [7, 11) is 0. The lowest BCUT2D eigenvalue weighted by atomic mass is 9.85. The number of nitrogens with zero attached hydrogens (tertiary/aromatic N) is 2. The Morgan fingerprint density at radius 3 is 2.17 bits per heavy atom. The Balaban J connectivity index is 1.64. The number of hydrogen-bond donors (Lipinski definition) is 2. The summed E-state index contributed by atoms with van der Waals surface area (Å²) in [5.74, 6) is -0.185. The van der Waals surface area contributed by atoms with Gasteiger partial charge in [-0.05, 0) is 66.4 Å². The molecule has 2 aliphatic rings. The molecule has 1 aromatic rings. The van der Waals surface area contributed by atoms with Crippen molar-refractivity contribution in [2.45, 2.75) is 70.8 Å². The molecule has 2 amide bonds. The highest BCUT2D eigenvalue weighted by Gasteiger charge is 2.42. The van der Waals surface area contributed by atoms with Gasteiger partial charge in [0.2, 0.25) is 5.91 Å². The van der Waals surface area contributed by atoms with Gasteiger partial charge < -0.3 is 24.2 Å². The number of amides is 2. The number of carbonyl (C=O) groups excluding carboxylic acids is 2. The van der Waals surface area contributed by atoms with Gasteiger partial charge in [-0.15, -0.1) is 4.72 Å². The van der Waals surface area contributed by atoms with Crippen LogP contribution in [-0.4, -0.2) is 68.0 Å². The molecule has 0 aliphatic carbocycles. The van der Waals surface area contributed by atoms with Crippen LogP contribution in [0, 0.1) is 11.8 Å². The second-order valence-corrected chi connectivity index (χ2v) is 14.4. The number of carbonyl (C=O) groups is 2. The van der Waals surface area contributed by atoms with Crippen molar-refractivity contribution in [1.29, 1.82) is 0 Å². The van der Waals surface area contributed by atoms with Gasteiger partial charge >= 0.3 is 6.09 Å². The van der Waals surface area contributed by atoms with Gasteiger partial charge in [0.15, 0.2) is 0 Å². The van der Waals surface area contributed by atoms with Gasteiger partial charge in [0, 0.05) is 49.2 Å². The number of halogens is 2. The van der Waals surface area contributed by atoms with E-state index in [4.69, 9.17) is 27.9 Å². The molecule has 2 heterocycles. The quantitative estimate of drug-likeness (QED) is 0.495. The van der Waals surface area contributed by atoms with Crippen LogP contribution in [0.3, 0.4) is 0 Å². The minimum atomic E-state index is -1.39. The first-order valence-electron chi connectivity index (χ1n) is 12.2. The minimum Gasteiger partial charge on any atom is -0.598 e. The molecule has 0 spiro atoms. The summed E-state index contributed by atoms with van der Waals surface area (Å²) in [4.78, 5) is 28.6. The Morgan fingerprint density at radius 2 is 1.64 bits per heavy atom. The molecule has 2 saturated heterocycles. The monoisotopic (exact) mass is 561 g/mol. The van der Waals surface area contributed by atoms with Crippen LogP contribution in [0.5, 0.6) is 5.75 Å². The van der Waals surface area contributed by atoms with Crippen molar-refractivity contribution in [2.75, 3.05) is 26.2 Å². The number of phenols is 1. The molecule has 0 unspecified atom stereocenters. The first-order chi connectivity index (χ1) is 16.6. The number of ether oxygens (including phenoxy) is 1. The molecule has 1 aromatic carbocycles. The number of benzene rings is 1. The van der Waals surface area contributed by atoms with E-state index in [0.29, 0.717) is 49.6 Å². The lowest BCUT2D eigenvalue weighted by Gasteiger charge is -2.43. The molecule has 11 heteroatoms. The third kappa shape index (κ3) is 7.13. The zero-order chi connectivity index (χ0) is 27.0. The summed E-state index contributed by atoms with van der Waals surface area (Å²) in [6, 6.07) is 2.59. The number of rotatable bonds is 5. The predicted molar refractivity (Wildman–Crippen MR) is 142 cm³/mol. The van der Waals surface area contributed by atoms with E-state index >= 15 is 0 Å². The predicted octanol–water partition coefficient (Wildman–Crippen LogP) is 4.90. The molecule has 2 aliphatic heterocycles. The molecule has 0 saturated carbocycles. The van der Waals surface area contributed by atoms with E-state index in [1.165, 1.54) is 6.07 Å². The fraction of sp³-hybridized carbons (Fsp3) is 0.680. The second kappa shape index (κ2) is 11.2. The van der Waals surface area contributed by atoms with Gasteiger partial charge in [0.05, 0.1) is 22.0 Å². The lowest BCUT2D eigenvalue weighted by molar-refractivity contribution is -0.142. The molecular weight excluding hydrogens is 525 g/mol. The van der Waals surface area contributed by atoms with E-state index in [2.05, 4.69) is 4.72 Å². The summed E-state index contributed by atoms with van der Waals surface area (Å²) in [5.41, 5.74) is -0.0309. The highest BCUT2D eigenvalue weighted by molar-refractivity contribution is 7.90. The summed E-state index contributed by atoms with van der Waals surface area (Å²) in [6.45, 7) is 12.9. The molecule has 0 radical (unpaired) electrons. The molecule has 2 atom stereocenters. The number of phenolic OH excluding ortho intramolecular Hbond substituents is 1. The molecule has 36 heavy (non-hydrogen) atoms. The van der Waals surface area contributed by atoms with Crippen molar-refractivity contribution < 1.29 is 24.0 Å². The molecule has 202 valence electrons. The van der Waals surface area contributed by atoms with Crippen LogP contribution < -0.4 is 4.72 Å². The van der Waals surface area contributed by atoms with Crippen LogP contribution in [-0.2, 0) is 20.9 Å². The van der Waals surface area contributed by atoms with Gasteiger partial charge in [-0.1, -0.05) is 23.2 Å². The molecular formula is C25H37Cl2N3O5S. The highest BCUT2D eigenvalue weighted by Crippen LogP contribution is 2.40. The van der Waals surface area contributed by atoms with E-state index in [9.17, 15) is 19.2 Å². The van der Waals surface area contributed by atoms with Crippen molar-refractivity contribution >= 4 is 46.6 Å². The first kappa shape index (κ1) is 29.2. The third-order valence-electron chi connectivity index (χ3n) is 6.40. The van der Waals surface area contributed by atoms with Gasteiger partial charge in [-0.2, -0.15) is 0 Å². The maximum atomic E-state index is 13.0. The normalized spacial score (nSPS) is 19.6. The van der Waals surface area contributed by atoms with Crippen molar-refractivity contribution in [3.8, 4) is 5.75 Å². The number of piperidine rings is 1. The number of nitrogens with one attached hydrogen (secondary N) is 1. The SMILES string of the molecule is CC(C)(C)OC(=O)N1CC(C(=O)N2CCC([C@@H](N[S@@+]([O-])C(C)(C)C)c3cc(Cl)c(Cl)cc3O)CC2)C1. The highest BCUT2D eigenvalue weighted by atomic mass is 35.5. The van der Waals surface area contributed by atoms with Crippen LogP contribution in [0.1, 0.15) is 66.0 Å². The lowest BCUT2D eigenvalue weighted by Crippen LogP contribution is -2.58. The summed E-state index contributed by atoms with van der Waals surface area (Å²) in [5, 5.41) is 11.2. The van der Waals surface area contributed by atoms with E-state index in [1.54, 1.807) is 11.0 Å². The standard InChI is InChI=1S/C25H37Cl2N3O5S/c1-24(2,3)35-23(33)30-13-16(14-30)22(32)29-9-7-15(8-10-29)21(28-36(34)25(4,5)6)17-11-18(26)19(27)12-20(17)31/h11-12,15-16,21,28,31H,7-10,13-14H2,1-6H3/t21-,36+/m1/s1. The van der Waals surface area contributed by atoms with Crippen molar-refractivity contribution in [3.63, 3.8) is 0 Å². The van der Waals surface area contributed by atoms with Gasteiger partial charge in [-0.3, -0.25) is 4.79 Å². The molecule has 8 nitrogen and oxygen atoms in total. The second-order valence-electron chi connectivity index (χ2n) is 11.5. The van der Waals surface area contributed by atoms with Gasteiger partial charge in [-0.25, -0.2) is 4.79 Å². The van der Waals surface area contributed by atoms with E-state index in [-0.39, 0.29) is 28.5 Å². The number of aromatic hydroxyl groups is 1. The maximum absolute atomic E-state index is 13.0. The molecule has 0 aromatic heterocycles. The molecule has 3 rings (SSSR count). The van der Waals surface area contributed by atoms with Gasteiger partial charge in [0.25, 0.3) is 0 Å². The van der Waals surface area contributed by atoms with E-state index < -0.39 is 33.8 Å². The summed E-state index contributed by atoms with van der Waals surface area (Å²) >= 11 is 10.9. The number of hydrogen-bond acceptors (Lipinski definition) is 6. The summed E-state index contributed by atoms with van der Waals surface area (Å²) < 4.78 is 21.1. The van der Waals surface area contributed by atoms with Crippen LogP contribution in [0.15, 0.2) is 12.1 Å². The molecule has 2 N–H and O–H groups in total. The third-order valence-corrected chi connectivity index (χ3v) is 8.70. The Labute approximate surface area is 226 Å². The molecule has 2 fully saturated rings. The smallest absolute Gasteiger partial charge is 0.410 e. The average Bonchev–Trinajstić information content (AvgIpc) is 2.71. The zero-order valence-corrected chi connectivity index (χ0v) is 24.1. The fourth-order valence-corrected chi connectivity index (χ4v) is 5.56. The first-order valence-corrected chi connectivity index (χ1v) is 14.1. The topological polar surface area (TPSA) is 105 Å². The summed E-state index contributed by atoms with van der Waals surface area (Å²) in [6.07, 6.45) is 0.923. The average molecular weight is 563 g/mol. The van der Waals surface area contributed by atoms with Crippen LogP contribution >= 0.6 is 23.2 Å². The Hall–Kier alpha value is -1.39. The molecule has 0 bridgehead atoms. The van der Waals surface area contributed by atoms with Crippen LogP contribution in [0.4, 0.5) is 4.79 Å². The Kier molecular flexibility index (Phi) is 9.04. The number of likely N-dealkylation sites (tertiary alicyclic amines) is 2. The van der Waals surface area contributed by atoms with Crippen molar-refractivity contribution in [3.05, 3.63) is 27.7 Å². The van der Waals surface area contributed by atoms with Crippen molar-refractivity contribution in [1.82, 2.24) is 14.5 Å². The Bertz CT molecular complexity index is 968.